The normalized spacial score (nSPS) is 15.1. The number of carbonyl (C=O) groups is 1. The summed E-state index contributed by atoms with van der Waals surface area (Å²) in [6.07, 6.45) is 9.34. The van der Waals surface area contributed by atoms with Crippen molar-refractivity contribution in [3.05, 3.63) is 29.8 Å². The summed E-state index contributed by atoms with van der Waals surface area (Å²) < 4.78 is 5.90. The Kier molecular flexibility index (Phi) is 7.61. The van der Waals surface area contributed by atoms with Crippen LogP contribution < -0.4 is 4.74 Å². The van der Waals surface area contributed by atoms with E-state index in [4.69, 9.17) is 4.74 Å². The molecule has 24 heavy (non-hydrogen) atoms. The Hall–Kier alpha value is -1.51. The monoisotopic (exact) mass is 331 g/mol. The zero-order valence-electron chi connectivity index (χ0n) is 15.6. The maximum Gasteiger partial charge on any atom is 0.230 e. The molecule has 0 heterocycles. The second-order valence-electron chi connectivity index (χ2n) is 6.98. The summed E-state index contributed by atoms with van der Waals surface area (Å²) in [5.41, 5.74) is 1.08. The molecule has 2 rings (SSSR count). The van der Waals surface area contributed by atoms with Crippen LogP contribution >= 0.6 is 0 Å². The molecule has 0 N–H and O–H groups in total. The molecule has 1 aliphatic rings. The zero-order chi connectivity index (χ0) is 17.4. The lowest BCUT2D eigenvalue weighted by atomic mass is 9.95. The van der Waals surface area contributed by atoms with Gasteiger partial charge in [-0.15, -0.1) is 0 Å². The van der Waals surface area contributed by atoms with Gasteiger partial charge in [-0.2, -0.15) is 0 Å². The summed E-state index contributed by atoms with van der Waals surface area (Å²) in [7, 11) is 1.94. The van der Waals surface area contributed by atoms with Crippen LogP contribution in [0.25, 0.3) is 0 Å². The van der Waals surface area contributed by atoms with Gasteiger partial charge < -0.3 is 9.64 Å². The molecule has 1 saturated carbocycles. The second-order valence-corrected chi connectivity index (χ2v) is 6.98. The van der Waals surface area contributed by atoms with E-state index in [0.717, 1.165) is 43.6 Å². The Bertz CT molecular complexity index is 510. The molecular formula is C21H33NO2. The number of benzene rings is 1. The molecule has 1 aromatic carbocycles. The highest BCUT2D eigenvalue weighted by Gasteiger charge is 2.33. The number of unbranched alkanes of at least 4 members (excludes halogenated alkanes) is 4. The van der Waals surface area contributed by atoms with Crippen molar-refractivity contribution in [3.63, 3.8) is 0 Å². The SMILES string of the molecule is CCCCCCCOc1cccc(C(CC)C(=O)N(C)C2CC2)c1. The summed E-state index contributed by atoms with van der Waals surface area (Å²) in [6, 6.07) is 8.58. The highest BCUT2D eigenvalue weighted by molar-refractivity contribution is 5.84. The van der Waals surface area contributed by atoms with Gasteiger partial charge in [0.15, 0.2) is 0 Å². The van der Waals surface area contributed by atoms with Crippen molar-refractivity contribution in [2.45, 2.75) is 77.2 Å². The molecule has 1 aromatic rings. The van der Waals surface area contributed by atoms with Gasteiger partial charge in [-0.3, -0.25) is 4.79 Å². The van der Waals surface area contributed by atoms with Gasteiger partial charge in [0, 0.05) is 13.1 Å². The Balaban J connectivity index is 1.88. The summed E-state index contributed by atoms with van der Waals surface area (Å²) >= 11 is 0. The summed E-state index contributed by atoms with van der Waals surface area (Å²) in [5, 5.41) is 0. The molecule has 3 nitrogen and oxygen atoms in total. The van der Waals surface area contributed by atoms with Crippen LogP contribution in [-0.4, -0.2) is 30.5 Å². The molecule has 0 spiro atoms. The largest absolute Gasteiger partial charge is 0.494 e. The van der Waals surface area contributed by atoms with E-state index in [1.807, 2.05) is 24.1 Å². The average molecular weight is 332 g/mol. The lowest BCUT2D eigenvalue weighted by Crippen LogP contribution is -2.33. The first-order chi connectivity index (χ1) is 11.7. The quantitative estimate of drug-likeness (QED) is 0.525. The summed E-state index contributed by atoms with van der Waals surface area (Å²) in [4.78, 5) is 14.7. The number of likely N-dealkylation sites (N-methyl/N-ethyl adjacent to an activating group) is 1. The van der Waals surface area contributed by atoms with Crippen LogP contribution in [-0.2, 0) is 4.79 Å². The third-order valence-corrected chi connectivity index (χ3v) is 4.93. The van der Waals surface area contributed by atoms with Gasteiger partial charge >= 0.3 is 0 Å². The first-order valence-corrected chi connectivity index (χ1v) is 9.66. The molecule has 0 bridgehead atoms. The second kappa shape index (κ2) is 9.71. The Morgan fingerprint density at radius 2 is 1.96 bits per heavy atom. The zero-order valence-corrected chi connectivity index (χ0v) is 15.6. The van der Waals surface area contributed by atoms with Crippen molar-refractivity contribution in [1.82, 2.24) is 4.90 Å². The van der Waals surface area contributed by atoms with E-state index in [9.17, 15) is 4.79 Å². The van der Waals surface area contributed by atoms with Crippen LogP contribution in [0.2, 0.25) is 0 Å². The fraction of sp³-hybridized carbons (Fsp3) is 0.667. The van der Waals surface area contributed by atoms with Crippen LogP contribution in [0, 0.1) is 0 Å². The van der Waals surface area contributed by atoms with Crippen molar-refractivity contribution >= 4 is 5.91 Å². The van der Waals surface area contributed by atoms with E-state index in [0.29, 0.717) is 6.04 Å². The third kappa shape index (κ3) is 5.54. The summed E-state index contributed by atoms with van der Waals surface area (Å²) in [5.74, 6) is 1.09. The highest BCUT2D eigenvalue weighted by Crippen LogP contribution is 2.31. The van der Waals surface area contributed by atoms with Crippen molar-refractivity contribution in [3.8, 4) is 5.75 Å². The molecule has 3 heteroatoms. The van der Waals surface area contributed by atoms with Crippen LogP contribution in [0.1, 0.15) is 76.7 Å². The number of ether oxygens (including phenoxy) is 1. The van der Waals surface area contributed by atoms with Gasteiger partial charge in [-0.05, 0) is 43.4 Å². The van der Waals surface area contributed by atoms with Crippen LogP contribution in [0.5, 0.6) is 5.75 Å². The average Bonchev–Trinajstić information content (AvgIpc) is 3.43. The predicted molar refractivity (Wildman–Crippen MR) is 99.5 cm³/mol. The van der Waals surface area contributed by atoms with Gasteiger partial charge in [-0.25, -0.2) is 0 Å². The van der Waals surface area contributed by atoms with Crippen LogP contribution in [0.3, 0.4) is 0 Å². The fourth-order valence-electron chi connectivity index (χ4n) is 3.16. The highest BCUT2D eigenvalue weighted by atomic mass is 16.5. The molecule has 0 saturated heterocycles. The standard InChI is InChI=1S/C21H33NO2/c1-4-6-7-8-9-15-24-19-12-10-11-17(16-19)20(5-2)21(23)22(3)18-13-14-18/h10-12,16,18,20H,4-9,13-15H2,1-3H3. The molecule has 1 atom stereocenters. The summed E-state index contributed by atoms with van der Waals surface area (Å²) in [6.45, 7) is 5.08. The number of carbonyl (C=O) groups excluding carboxylic acids is 1. The molecule has 1 unspecified atom stereocenters. The molecule has 0 aromatic heterocycles. The van der Waals surface area contributed by atoms with E-state index in [2.05, 4.69) is 26.0 Å². The first-order valence-electron chi connectivity index (χ1n) is 9.66. The number of nitrogens with zero attached hydrogens (tertiary/aromatic N) is 1. The van der Waals surface area contributed by atoms with Crippen molar-refractivity contribution in [2.24, 2.45) is 0 Å². The number of hydrogen-bond acceptors (Lipinski definition) is 2. The number of rotatable bonds is 11. The van der Waals surface area contributed by atoms with Crippen LogP contribution in [0.15, 0.2) is 24.3 Å². The van der Waals surface area contributed by atoms with E-state index >= 15 is 0 Å². The minimum absolute atomic E-state index is 0.0521. The minimum Gasteiger partial charge on any atom is -0.494 e. The molecule has 0 aliphatic heterocycles. The van der Waals surface area contributed by atoms with Crippen molar-refractivity contribution in [2.75, 3.05) is 13.7 Å². The van der Waals surface area contributed by atoms with Crippen LogP contribution in [0.4, 0.5) is 0 Å². The predicted octanol–water partition coefficient (Wildman–Crippen LogP) is 5.15. The fourth-order valence-corrected chi connectivity index (χ4v) is 3.16. The number of amides is 1. The van der Waals surface area contributed by atoms with Gasteiger partial charge in [0.05, 0.1) is 12.5 Å². The lowest BCUT2D eigenvalue weighted by molar-refractivity contribution is -0.132. The molecule has 0 radical (unpaired) electrons. The van der Waals surface area contributed by atoms with E-state index in [1.54, 1.807) is 0 Å². The Morgan fingerprint density at radius 3 is 2.62 bits per heavy atom. The minimum atomic E-state index is -0.0521. The molecular weight excluding hydrogens is 298 g/mol. The maximum absolute atomic E-state index is 12.7. The molecule has 1 aliphatic carbocycles. The van der Waals surface area contributed by atoms with Gasteiger partial charge in [0.2, 0.25) is 5.91 Å². The van der Waals surface area contributed by atoms with Crippen molar-refractivity contribution < 1.29 is 9.53 Å². The van der Waals surface area contributed by atoms with E-state index in [-0.39, 0.29) is 11.8 Å². The van der Waals surface area contributed by atoms with Gasteiger partial charge in [-0.1, -0.05) is 51.7 Å². The molecule has 1 amide bonds. The van der Waals surface area contributed by atoms with Gasteiger partial charge in [0.25, 0.3) is 0 Å². The topological polar surface area (TPSA) is 29.5 Å². The third-order valence-electron chi connectivity index (χ3n) is 4.93. The maximum atomic E-state index is 12.7. The van der Waals surface area contributed by atoms with E-state index < -0.39 is 0 Å². The molecule has 134 valence electrons. The smallest absolute Gasteiger partial charge is 0.230 e. The number of hydrogen-bond donors (Lipinski definition) is 0. The molecule has 1 fully saturated rings. The van der Waals surface area contributed by atoms with E-state index in [1.165, 1.54) is 25.7 Å². The van der Waals surface area contributed by atoms with Gasteiger partial charge in [0.1, 0.15) is 5.75 Å². The Labute approximate surface area is 147 Å². The lowest BCUT2D eigenvalue weighted by Gasteiger charge is -2.23. The van der Waals surface area contributed by atoms with Crippen molar-refractivity contribution in [1.29, 1.82) is 0 Å². The Morgan fingerprint density at radius 1 is 1.21 bits per heavy atom. The first kappa shape index (κ1) is 18.8.